The fourth-order valence-electron chi connectivity index (χ4n) is 2.14. The van der Waals surface area contributed by atoms with Crippen LogP contribution in [0, 0.1) is 0 Å². The van der Waals surface area contributed by atoms with E-state index < -0.39 is 0 Å². The molecule has 1 aliphatic heterocycles. The molecule has 1 saturated heterocycles. The second-order valence-electron chi connectivity index (χ2n) is 5.04. The zero-order valence-electron chi connectivity index (χ0n) is 12.6. The maximum atomic E-state index is 11.9. The van der Waals surface area contributed by atoms with Crippen molar-refractivity contribution in [1.29, 1.82) is 0 Å². The number of rotatable bonds is 6. The Labute approximate surface area is 147 Å². The first-order valence-electron chi connectivity index (χ1n) is 7.28. The van der Waals surface area contributed by atoms with Gasteiger partial charge in [-0.25, -0.2) is 0 Å². The Morgan fingerprint density at radius 2 is 2.12 bits per heavy atom. The minimum Gasteiger partial charge on any atom is -0.484 e. The summed E-state index contributed by atoms with van der Waals surface area (Å²) >= 11 is 6.90. The van der Waals surface area contributed by atoms with E-state index in [0.717, 1.165) is 18.2 Å². The molecule has 24 heavy (non-hydrogen) atoms. The van der Waals surface area contributed by atoms with Crippen molar-refractivity contribution >= 4 is 35.2 Å². The highest BCUT2D eigenvalue weighted by Gasteiger charge is 2.26. The Kier molecular flexibility index (Phi) is 5.37. The van der Waals surface area contributed by atoms with Gasteiger partial charge in [-0.1, -0.05) is 23.4 Å². The number of nitrogens with zero attached hydrogens (tertiary/aromatic N) is 3. The molecule has 2 heterocycles. The summed E-state index contributed by atoms with van der Waals surface area (Å²) in [5, 5.41) is 8.60. The molecule has 1 aromatic carbocycles. The number of imide groups is 1. The molecular weight excluding hydrogens is 354 g/mol. The van der Waals surface area contributed by atoms with Crippen LogP contribution in [0.15, 0.2) is 33.9 Å². The molecule has 0 atom stereocenters. The van der Waals surface area contributed by atoms with Gasteiger partial charge in [0.15, 0.2) is 6.61 Å². The highest BCUT2D eigenvalue weighted by molar-refractivity contribution is 7.99. The lowest BCUT2D eigenvalue weighted by atomic mass is 10.3. The number of aromatic nitrogens is 2. The molecule has 0 unspecified atom stereocenters. The van der Waals surface area contributed by atoms with Crippen LogP contribution >= 0.6 is 23.4 Å². The largest absolute Gasteiger partial charge is 0.484 e. The van der Waals surface area contributed by atoms with Crippen molar-refractivity contribution < 1.29 is 18.7 Å². The highest BCUT2D eigenvalue weighted by atomic mass is 35.5. The van der Waals surface area contributed by atoms with Gasteiger partial charge in [0.1, 0.15) is 5.75 Å². The third kappa shape index (κ3) is 4.27. The smallest absolute Gasteiger partial charge is 0.277 e. The van der Waals surface area contributed by atoms with Gasteiger partial charge in [0.25, 0.3) is 11.1 Å². The lowest BCUT2D eigenvalue weighted by molar-refractivity contribution is -0.140. The minimum atomic E-state index is -0.236. The van der Waals surface area contributed by atoms with Crippen LogP contribution in [0.2, 0.25) is 5.02 Å². The molecule has 0 aliphatic carbocycles. The van der Waals surface area contributed by atoms with Crippen molar-refractivity contribution in [2.24, 2.45) is 0 Å². The quantitative estimate of drug-likeness (QED) is 0.725. The van der Waals surface area contributed by atoms with Gasteiger partial charge in [-0.2, -0.15) is 0 Å². The Morgan fingerprint density at radius 3 is 2.83 bits per heavy atom. The summed E-state index contributed by atoms with van der Waals surface area (Å²) in [4.78, 5) is 24.7. The first kappa shape index (κ1) is 16.8. The van der Waals surface area contributed by atoms with E-state index in [1.807, 2.05) is 0 Å². The van der Waals surface area contributed by atoms with Crippen LogP contribution in [-0.2, 0) is 16.2 Å². The molecule has 1 aromatic heterocycles. The van der Waals surface area contributed by atoms with Crippen molar-refractivity contribution in [3.8, 4) is 5.75 Å². The van der Waals surface area contributed by atoms with E-state index in [1.165, 1.54) is 4.90 Å². The number of halogens is 1. The SMILES string of the molecule is O=C1CCCN1C(=O)CSc1nnc(COc2ccc(Cl)cc2)o1. The van der Waals surface area contributed by atoms with E-state index in [1.54, 1.807) is 24.3 Å². The Hall–Kier alpha value is -2.06. The zero-order valence-corrected chi connectivity index (χ0v) is 14.2. The second-order valence-corrected chi connectivity index (χ2v) is 6.40. The Bertz CT molecular complexity index is 735. The molecule has 7 nitrogen and oxygen atoms in total. The third-order valence-electron chi connectivity index (χ3n) is 3.32. The Balaban J connectivity index is 1.47. The number of carbonyl (C=O) groups excluding carboxylic acids is 2. The molecule has 2 aromatic rings. The molecule has 0 radical (unpaired) electrons. The Morgan fingerprint density at radius 1 is 1.33 bits per heavy atom. The van der Waals surface area contributed by atoms with Crippen LogP contribution in [0.25, 0.3) is 0 Å². The minimum absolute atomic E-state index is 0.0887. The fraction of sp³-hybridized carbons (Fsp3) is 0.333. The van der Waals surface area contributed by atoms with Gasteiger partial charge in [-0.05, 0) is 30.7 Å². The lowest BCUT2D eigenvalue weighted by Gasteiger charge is -2.11. The van der Waals surface area contributed by atoms with E-state index in [0.29, 0.717) is 29.6 Å². The number of thioether (sulfide) groups is 1. The molecule has 2 amide bonds. The van der Waals surface area contributed by atoms with Crippen LogP contribution in [0.1, 0.15) is 18.7 Å². The lowest BCUT2D eigenvalue weighted by Crippen LogP contribution is -2.33. The van der Waals surface area contributed by atoms with E-state index in [-0.39, 0.29) is 29.4 Å². The molecule has 0 saturated carbocycles. The summed E-state index contributed by atoms with van der Waals surface area (Å²) < 4.78 is 10.9. The van der Waals surface area contributed by atoms with Crippen molar-refractivity contribution in [1.82, 2.24) is 15.1 Å². The standard InChI is InChI=1S/C15H14ClN3O4S/c16-10-3-5-11(6-4-10)22-8-12-17-18-15(23-12)24-9-14(21)19-7-1-2-13(19)20/h3-6H,1-2,7-9H2. The molecule has 9 heteroatoms. The van der Waals surface area contributed by atoms with E-state index in [4.69, 9.17) is 20.8 Å². The number of benzene rings is 1. The topological polar surface area (TPSA) is 85.5 Å². The monoisotopic (exact) mass is 367 g/mol. The molecule has 3 rings (SSSR count). The third-order valence-corrected chi connectivity index (χ3v) is 4.37. The average Bonchev–Trinajstić information content (AvgIpc) is 3.21. The van der Waals surface area contributed by atoms with Gasteiger partial charge in [0.2, 0.25) is 11.8 Å². The van der Waals surface area contributed by atoms with Gasteiger partial charge >= 0.3 is 0 Å². The number of hydrogen-bond acceptors (Lipinski definition) is 7. The van der Waals surface area contributed by atoms with Gasteiger partial charge < -0.3 is 9.15 Å². The number of ether oxygens (including phenoxy) is 1. The van der Waals surface area contributed by atoms with Crippen LogP contribution < -0.4 is 4.74 Å². The number of likely N-dealkylation sites (tertiary alicyclic amines) is 1. The first-order valence-corrected chi connectivity index (χ1v) is 8.65. The highest BCUT2D eigenvalue weighted by Crippen LogP contribution is 2.20. The second kappa shape index (κ2) is 7.67. The van der Waals surface area contributed by atoms with Gasteiger partial charge in [-0.15, -0.1) is 10.2 Å². The molecule has 1 fully saturated rings. The molecule has 126 valence electrons. The van der Waals surface area contributed by atoms with Crippen LogP contribution in [0.5, 0.6) is 5.75 Å². The summed E-state index contributed by atoms with van der Waals surface area (Å²) in [5.74, 6) is 0.667. The van der Waals surface area contributed by atoms with Gasteiger partial charge in [0, 0.05) is 18.0 Å². The van der Waals surface area contributed by atoms with Gasteiger partial charge in [0.05, 0.1) is 5.75 Å². The average molecular weight is 368 g/mol. The number of hydrogen-bond donors (Lipinski definition) is 0. The van der Waals surface area contributed by atoms with Crippen LogP contribution in [0.3, 0.4) is 0 Å². The van der Waals surface area contributed by atoms with Crippen molar-refractivity contribution in [3.05, 3.63) is 35.2 Å². The van der Waals surface area contributed by atoms with Gasteiger partial charge in [-0.3, -0.25) is 14.5 Å². The maximum Gasteiger partial charge on any atom is 0.277 e. The summed E-state index contributed by atoms with van der Waals surface area (Å²) in [6.07, 6.45) is 1.16. The van der Waals surface area contributed by atoms with Crippen molar-refractivity contribution in [2.45, 2.75) is 24.7 Å². The number of carbonyl (C=O) groups is 2. The van der Waals surface area contributed by atoms with Crippen molar-refractivity contribution in [2.75, 3.05) is 12.3 Å². The molecule has 0 bridgehead atoms. The fourth-order valence-corrected chi connectivity index (χ4v) is 2.93. The zero-order chi connectivity index (χ0) is 16.9. The predicted octanol–water partition coefficient (Wildman–Crippen LogP) is 2.54. The maximum absolute atomic E-state index is 11.9. The van der Waals surface area contributed by atoms with E-state index in [2.05, 4.69) is 10.2 Å². The summed E-state index contributed by atoms with van der Waals surface area (Å²) in [6, 6.07) is 6.91. The summed E-state index contributed by atoms with van der Waals surface area (Å²) in [7, 11) is 0. The molecule has 0 spiro atoms. The van der Waals surface area contributed by atoms with Crippen LogP contribution in [-0.4, -0.2) is 39.2 Å². The molecular formula is C15H14ClN3O4S. The molecule has 1 aliphatic rings. The van der Waals surface area contributed by atoms with E-state index in [9.17, 15) is 9.59 Å². The number of amides is 2. The normalized spacial score (nSPS) is 14.2. The van der Waals surface area contributed by atoms with E-state index >= 15 is 0 Å². The van der Waals surface area contributed by atoms with Crippen LogP contribution in [0.4, 0.5) is 0 Å². The first-order chi connectivity index (χ1) is 11.6. The van der Waals surface area contributed by atoms with Crippen molar-refractivity contribution in [3.63, 3.8) is 0 Å². The summed E-state index contributed by atoms with van der Waals surface area (Å²) in [5.41, 5.74) is 0. The molecule has 0 N–H and O–H groups in total. The summed E-state index contributed by atoms with van der Waals surface area (Å²) in [6.45, 7) is 0.607. The predicted molar refractivity (Wildman–Crippen MR) is 86.8 cm³/mol.